The molecule has 1 N–H and O–H groups in total. The first-order valence-corrected chi connectivity index (χ1v) is 7.92. The van der Waals surface area contributed by atoms with Crippen molar-refractivity contribution in [2.24, 2.45) is 0 Å². The van der Waals surface area contributed by atoms with E-state index in [4.69, 9.17) is 0 Å². The second-order valence-electron chi connectivity index (χ2n) is 5.82. The van der Waals surface area contributed by atoms with Crippen LogP contribution >= 0.6 is 0 Å². The molecule has 3 rings (SSSR count). The number of benzene rings is 2. The summed E-state index contributed by atoms with van der Waals surface area (Å²) in [6.07, 6.45) is 3.55. The summed E-state index contributed by atoms with van der Waals surface area (Å²) in [7, 11) is 0. The Kier molecular flexibility index (Phi) is 4.70. The smallest absolute Gasteiger partial charge is 0.224 e. The summed E-state index contributed by atoms with van der Waals surface area (Å²) in [6.45, 7) is 4.01. The Bertz CT molecular complexity index is 810. The van der Waals surface area contributed by atoms with Crippen LogP contribution in [0.15, 0.2) is 61.2 Å². The number of nitrogens with one attached hydrogen (secondary N) is 1. The average molecular weight is 320 g/mol. The van der Waals surface area contributed by atoms with Gasteiger partial charge in [-0.3, -0.25) is 4.79 Å². The minimum atomic E-state index is -0.0497. The molecule has 3 aromatic rings. The van der Waals surface area contributed by atoms with Crippen LogP contribution in [-0.4, -0.2) is 20.7 Å². The molecule has 1 aromatic heterocycles. The van der Waals surface area contributed by atoms with E-state index >= 15 is 0 Å². The second kappa shape index (κ2) is 7.08. The number of aryl methyl sites for hydroxylation is 1. The summed E-state index contributed by atoms with van der Waals surface area (Å²) in [4.78, 5) is 16.2. The SMILES string of the molecule is Cc1ccccc1CC(=O)NC(C)c1ccc(-n2cncn2)cc1. The molecular weight excluding hydrogens is 300 g/mol. The predicted molar refractivity (Wildman–Crippen MR) is 92.8 cm³/mol. The van der Waals surface area contributed by atoms with Gasteiger partial charge in [0.25, 0.3) is 0 Å². The predicted octanol–water partition coefficient (Wildman–Crippen LogP) is 3.00. The Hall–Kier alpha value is -2.95. The van der Waals surface area contributed by atoms with Crippen molar-refractivity contribution in [2.45, 2.75) is 26.3 Å². The van der Waals surface area contributed by atoms with Crippen LogP contribution < -0.4 is 5.32 Å². The molecule has 5 heteroatoms. The monoisotopic (exact) mass is 320 g/mol. The van der Waals surface area contributed by atoms with Gasteiger partial charge < -0.3 is 5.32 Å². The Morgan fingerprint density at radius 1 is 1.17 bits per heavy atom. The molecule has 0 saturated heterocycles. The largest absolute Gasteiger partial charge is 0.349 e. The first kappa shape index (κ1) is 15.9. The summed E-state index contributed by atoms with van der Waals surface area (Å²) in [5.74, 6) is 0.0251. The number of amides is 1. The molecule has 0 bridgehead atoms. The van der Waals surface area contributed by atoms with Gasteiger partial charge in [-0.05, 0) is 42.7 Å². The van der Waals surface area contributed by atoms with Gasteiger partial charge in [-0.1, -0.05) is 36.4 Å². The minimum absolute atomic E-state index is 0.0251. The van der Waals surface area contributed by atoms with Crippen molar-refractivity contribution in [3.63, 3.8) is 0 Å². The topological polar surface area (TPSA) is 59.8 Å². The molecular formula is C19H20N4O. The maximum absolute atomic E-state index is 12.3. The molecule has 2 aromatic carbocycles. The van der Waals surface area contributed by atoms with E-state index in [0.717, 1.165) is 22.4 Å². The van der Waals surface area contributed by atoms with Crippen LogP contribution in [-0.2, 0) is 11.2 Å². The molecule has 0 aliphatic heterocycles. The molecule has 1 amide bonds. The van der Waals surface area contributed by atoms with Gasteiger partial charge in [-0.2, -0.15) is 5.10 Å². The maximum Gasteiger partial charge on any atom is 0.224 e. The Morgan fingerprint density at radius 3 is 2.58 bits per heavy atom. The summed E-state index contributed by atoms with van der Waals surface area (Å²) in [5, 5.41) is 7.15. The van der Waals surface area contributed by atoms with Crippen LogP contribution in [0, 0.1) is 6.92 Å². The van der Waals surface area contributed by atoms with Gasteiger partial charge in [0.05, 0.1) is 18.2 Å². The molecule has 0 aliphatic carbocycles. The van der Waals surface area contributed by atoms with E-state index in [1.54, 1.807) is 11.0 Å². The fraction of sp³-hybridized carbons (Fsp3) is 0.211. The lowest BCUT2D eigenvalue weighted by Crippen LogP contribution is -2.28. The first-order chi connectivity index (χ1) is 11.6. The molecule has 0 aliphatic rings. The van der Waals surface area contributed by atoms with Gasteiger partial charge >= 0.3 is 0 Å². The summed E-state index contributed by atoms with van der Waals surface area (Å²) < 4.78 is 1.70. The van der Waals surface area contributed by atoms with Crippen LogP contribution in [0.3, 0.4) is 0 Å². The van der Waals surface area contributed by atoms with Crippen molar-refractivity contribution < 1.29 is 4.79 Å². The number of hydrogen-bond donors (Lipinski definition) is 1. The Labute approximate surface area is 141 Å². The van der Waals surface area contributed by atoms with Crippen LogP contribution in [0.4, 0.5) is 0 Å². The molecule has 24 heavy (non-hydrogen) atoms. The zero-order valence-corrected chi connectivity index (χ0v) is 13.8. The number of carbonyl (C=O) groups excluding carboxylic acids is 1. The van der Waals surface area contributed by atoms with Gasteiger partial charge in [0.1, 0.15) is 12.7 Å². The van der Waals surface area contributed by atoms with Crippen molar-refractivity contribution >= 4 is 5.91 Å². The van der Waals surface area contributed by atoms with Crippen molar-refractivity contribution in [1.29, 1.82) is 0 Å². The molecule has 0 saturated carbocycles. The highest BCUT2D eigenvalue weighted by atomic mass is 16.1. The minimum Gasteiger partial charge on any atom is -0.349 e. The number of aromatic nitrogens is 3. The molecule has 1 unspecified atom stereocenters. The van der Waals surface area contributed by atoms with Gasteiger partial charge in [0.15, 0.2) is 0 Å². The molecule has 0 radical (unpaired) electrons. The van der Waals surface area contributed by atoms with Crippen molar-refractivity contribution in [3.05, 3.63) is 77.9 Å². The molecule has 1 atom stereocenters. The van der Waals surface area contributed by atoms with Crippen LogP contribution in [0.2, 0.25) is 0 Å². The van der Waals surface area contributed by atoms with Gasteiger partial charge in [0, 0.05) is 0 Å². The highest BCUT2D eigenvalue weighted by Crippen LogP contribution is 2.16. The van der Waals surface area contributed by atoms with Gasteiger partial charge in [-0.25, -0.2) is 9.67 Å². The zero-order valence-electron chi connectivity index (χ0n) is 13.8. The normalized spacial score (nSPS) is 11.9. The van der Waals surface area contributed by atoms with E-state index in [-0.39, 0.29) is 11.9 Å². The average Bonchev–Trinajstić information content (AvgIpc) is 3.11. The lowest BCUT2D eigenvalue weighted by molar-refractivity contribution is -0.121. The fourth-order valence-electron chi connectivity index (χ4n) is 2.61. The third-order valence-electron chi connectivity index (χ3n) is 4.07. The number of carbonyl (C=O) groups is 1. The van der Waals surface area contributed by atoms with E-state index in [2.05, 4.69) is 15.4 Å². The number of hydrogen-bond acceptors (Lipinski definition) is 3. The van der Waals surface area contributed by atoms with Crippen molar-refractivity contribution in [2.75, 3.05) is 0 Å². The maximum atomic E-state index is 12.3. The van der Waals surface area contributed by atoms with E-state index in [1.165, 1.54) is 6.33 Å². The van der Waals surface area contributed by atoms with Gasteiger partial charge in [-0.15, -0.1) is 0 Å². The van der Waals surface area contributed by atoms with Gasteiger partial charge in [0.2, 0.25) is 5.91 Å². The standard InChI is InChI=1S/C19H20N4O/c1-14-5-3-4-6-17(14)11-19(24)22-15(2)16-7-9-18(10-8-16)23-13-20-12-21-23/h3-10,12-13,15H,11H2,1-2H3,(H,22,24). The summed E-state index contributed by atoms with van der Waals surface area (Å²) >= 11 is 0. The summed E-state index contributed by atoms with van der Waals surface area (Å²) in [5.41, 5.74) is 4.19. The summed E-state index contributed by atoms with van der Waals surface area (Å²) in [6, 6.07) is 15.8. The van der Waals surface area contributed by atoms with Crippen LogP contribution in [0.1, 0.15) is 29.7 Å². The lowest BCUT2D eigenvalue weighted by atomic mass is 10.0. The van der Waals surface area contributed by atoms with Crippen LogP contribution in [0.25, 0.3) is 5.69 Å². The molecule has 0 fully saturated rings. The fourth-order valence-corrected chi connectivity index (χ4v) is 2.61. The highest BCUT2D eigenvalue weighted by molar-refractivity contribution is 5.79. The number of nitrogens with zero attached hydrogens (tertiary/aromatic N) is 3. The lowest BCUT2D eigenvalue weighted by Gasteiger charge is -2.15. The Balaban J connectivity index is 1.63. The van der Waals surface area contributed by atoms with E-state index in [0.29, 0.717) is 6.42 Å². The molecule has 1 heterocycles. The second-order valence-corrected chi connectivity index (χ2v) is 5.82. The third-order valence-corrected chi connectivity index (χ3v) is 4.07. The zero-order chi connectivity index (χ0) is 16.9. The highest BCUT2D eigenvalue weighted by Gasteiger charge is 2.11. The van der Waals surface area contributed by atoms with Crippen molar-refractivity contribution in [3.8, 4) is 5.69 Å². The number of rotatable bonds is 5. The van der Waals surface area contributed by atoms with E-state index in [1.807, 2.05) is 62.4 Å². The van der Waals surface area contributed by atoms with E-state index in [9.17, 15) is 4.79 Å². The quantitative estimate of drug-likeness (QED) is 0.786. The third kappa shape index (κ3) is 3.68. The Morgan fingerprint density at radius 2 is 1.92 bits per heavy atom. The molecule has 5 nitrogen and oxygen atoms in total. The van der Waals surface area contributed by atoms with E-state index < -0.39 is 0 Å². The molecule has 122 valence electrons. The van der Waals surface area contributed by atoms with Crippen LogP contribution in [0.5, 0.6) is 0 Å². The molecule has 0 spiro atoms. The first-order valence-electron chi connectivity index (χ1n) is 7.92. The van der Waals surface area contributed by atoms with Crippen molar-refractivity contribution in [1.82, 2.24) is 20.1 Å².